The maximum absolute atomic E-state index is 11.9. The van der Waals surface area contributed by atoms with Gasteiger partial charge in [0.1, 0.15) is 17.7 Å². The SMILES string of the molecule is COc1cc2ncnc(-c3ccc(NCCNS(=O)(=O)NC(=O)OC(C)(C)C)nc3)c2cc1OC. The summed E-state index contributed by atoms with van der Waals surface area (Å²) in [5.41, 5.74) is 1.33. The van der Waals surface area contributed by atoms with Gasteiger partial charge in [0.15, 0.2) is 11.5 Å². The molecule has 3 aromatic rings. The number of nitrogens with one attached hydrogen (secondary N) is 3. The van der Waals surface area contributed by atoms with Crippen LogP contribution in [0, 0.1) is 0 Å². The van der Waals surface area contributed by atoms with Gasteiger partial charge in [0.25, 0.3) is 0 Å². The van der Waals surface area contributed by atoms with Crippen molar-refractivity contribution >= 4 is 33.0 Å². The maximum Gasteiger partial charge on any atom is 0.422 e. The lowest BCUT2D eigenvalue weighted by atomic mass is 10.1. The number of rotatable bonds is 9. The number of carbonyl (C=O) groups is 1. The zero-order valence-electron chi connectivity index (χ0n) is 20.1. The van der Waals surface area contributed by atoms with E-state index in [2.05, 4.69) is 25.0 Å². The molecule has 1 aromatic carbocycles. The lowest BCUT2D eigenvalue weighted by Crippen LogP contribution is -2.44. The Labute approximate surface area is 203 Å². The Morgan fingerprint density at radius 2 is 1.71 bits per heavy atom. The molecule has 0 saturated carbocycles. The Kier molecular flexibility index (Phi) is 7.92. The second kappa shape index (κ2) is 10.7. The van der Waals surface area contributed by atoms with Gasteiger partial charge in [-0.15, -0.1) is 0 Å². The summed E-state index contributed by atoms with van der Waals surface area (Å²) in [5, 5.41) is 3.78. The quantitative estimate of drug-likeness (QED) is 0.370. The minimum Gasteiger partial charge on any atom is -0.493 e. The van der Waals surface area contributed by atoms with Crippen LogP contribution in [0.2, 0.25) is 0 Å². The number of amides is 1. The van der Waals surface area contributed by atoms with Gasteiger partial charge in [-0.1, -0.05) is 0 Å². The molecule has 35 heavy (non-hydrogen) atoms. The predicted octanol–water partition coefficient (Wildman–Crippen LogP) is 2.48. The molecule has 3 rings (SSSR count). The van der Waals surface area contributed by atoms with Gasteiger partial charge in [0, 0.05) is 36.3 Å². The van der Waals surface area contributed by atoms with Gasteiger partial charge < -0.3 is 19.5 Å². The molecule has 3 N–H and O–H groups in total. The molecule has 0 fully saturated rings. The van der Waals surface area contributed by atoms with E-state index in [0.29, 0.717) is 28.5 Å². The van der Waals surface area contributed by atoms with Crippen molar-refractivity contribution in [3.8, 4) is 22.8 Å². The first-order valence-electron chi connectivity index (χ1n) is 10.6. The topological polar surface area (TPSA) is 154 Å². The van der Waals surface area contributed by atoms with Gasteiger partial charge in [-0.2, -0.15) is 13.1 Å². The molecule has 0 aliphatic carbocycles. The Hall–Kier alpha value is -3.71. The molecule has 0 aliphatic rings. The molecular weight excluding hydrogens is 476 g/mol. The van der Waals surface area contributed by atoms with Crippen LogP contribution in [-0.4, -0.2) is 62.4 Å². The van der Waals surface area contributed by atoms with E-state index in [0.717, 1.165) is 10.9 Å². The molecule has 0 spiro atoms. The summed E-state index contributed by atoms with van der Waals surface area (Å²) >= 11 is 0. The first kappa shape index (κ1) is 25.9. The third-order valence-electron chi connectivity index (χ3n) is 4.52. The third-order valence-corrected chi connectivity index (χ3v) is 5.54. The fraction of sp³-hybridized carbons (Fsp3) is 0.364. The van der Waals surface area contributed by atoms with E-state index < -0.39 is 21.9 Å². The standard InChI is InChI=1S/C22H28N6O6S/c1-22(2,3)34-21(29)28-35(30,31)27-9-8-23-19-7-6-14(12-24-19)20-15-10-17(32-4)18(33-5)11-16(15)25-13-26-20/h6-7,10-13,27H,8-9H2,1-5H3,(H,23,24)(H,28,29). The summed E-state index contributed by atoms with van der Waals surface area (Å²) in [5.74, 6) is 1.66. The molecular formula is C22H28N6O6S. The predicted molar refractivity (Wildman–Crippen MR) is 131 cm³/mol. The van der Waals surface area contributed by atoms with E-state index in [4.69, 9.17) is 14.2 Å². The largest absolute Gasteiger partial charge is 0.493 e. The number of benzene rings is 1. The number of pyridine rings is 1. The van der Waals surface area contributed by atoms with Crippen LogP contribution in [0.1, 0.15) is 20.8 Å². The van der Waals surface area contributed by atoms with E-state index in [1.807, 2.05) is 12.1 Å². The van der Waals surface area contributed by atoms with Crippen molar-refractivity contribution in [2.75, 3.05) is 32.6 Å². The molecule has 188 valence electrons. The van der Waals surface area contributed by atoms with Crippen molar-refractivity contribution in [2.24, 2.45) is 0 Å². The zero-order valence-corrected chi connectivity index (χ0v) is 20.9. The Morgan fingerprint density at radius 3 is 2.34 bits per heavy atom. The van der Waals surface area contributed by atoms with Crippen molar-refractivity contribution in [2.45, 2.75) is 26.4 Å². The summed E-state index contributed by atoms with van der Waals surface area (Å²) in [4.78, 5) is 24.7. The molecule has 1 amide bonds. The van der Waals surface area contributed by atoms with E-state index >= 15 is 0 Å². The molecule has 13 heteroatoms. The first-order valence-corrected chi connectivity index (χ1v) is 12.1. The van der Waals surface area contributed by atoms with Crippen LogP contribution in [0.3, 0.4) is 0 Å². The number of anilines is 1. The van der Waals surface area contributed by atoms with Crippen LogP contribution < -0.4 is 24.2 Å². The van der Waals surface area contributed by atoms with Crippen LogP contribution in [-0.2, 0) is 14.9 Å². The molecule has 2 aromatic heterocycles. The summed E-state index contributed by atoms with van der Waals surface area (Å²) < 4.78 is 43.6. The number of hydrogen-bond acceptors (Lipinski definition) is 10. The van der Waals surface area contributed by atoms with Gasteiger partial charge >= 0.3 is 16.3 Å². The molecule has 0 bridgehead atoms. The highest BCUT2D eigenvalue weighted by Crippen LogP contribution is 2.35. The highest BCUT2D eigenvalue weighted by Gasteiger charge is 2.21. The molecule has 0 aliphatic heterocycles. The second-order valence-electron chi connectivity index (χ2n) is 8.31. The minimum absolute atomic E-state index is 0.0136. The van der Waals surface area contributed by atoms with E-state index in [1.165, 1.54) is 6.33 Å². The fourth-order valence-corrected chi connectivity index (χ4v) is 3.78. The summed E-state index contributed by atoms with van der Waals surface area (Å²) in [6, 6.07) is 7.17. The van der Waals surface area contributed by atoms with E-state index in [-0.39, 0.29) is 13.1 Å². The summed E-state index contributed by atoms with van der Waals surface area (Å²) in [6.45, 7) is 5.15. The third kappa shape index (κ3) is 7.13. The highest BCUT2D eigenvalue weighted by molar-refractivity contribution is 7.88. The number of carbonyl (C=O) groups excluding carboxylic acids is 1. The second-order valence-corrected chi connectivity index (χ2v) is 9.81. The first-order chi connectivity index (χ1) is 16.5. The molecule has 0 unspecified atom stereocenters. The monoisotopic (exact) mass is 504 g/mol. The molecule has 2 heterocycles. The van der Waals surface area contributed by atoms with Crippen molar-refractivity contribution in [1.82, 2.24) is 24.4 Å². The van der Waals surface area contributed by atoms with Crippen LogP contribution in [0.4, 0.5) is 10.6 Å². The van der Waals surface area contributed by atoms with Crippen molar-refractivity contribution in [3.63, 3.8) is 0 Å². The van der Waals surface area contributed by atoms with Gasteiger partial charge in [0.2, 0.25) is 0 Å². The Balaban J connectivity index is 1.61. The molecule has 0 atom stereocenters. The average molecular weight is 505 g/mol. The van der Waals surface area contributed by atoms with E-state index in [1.54, 1.807) is 58.0 Å². The van der Waals surface area contributed by atoms with E-state index in [9.17, 15) is 13.2 Å². The van der Waals surface area contributed by atoms with Crippen LogP contribution >= 0.6 is 0 Å². The van der Waals surface area contributed by atoms with Crippen molar-refractivity contribution < 1.29 is 27.4 Å². The van der Waals surface area contributed by atoms with Gasteiger partial charge in [-0.05, 0) is 39.0 Å². The molecule has 0 saturated heterocycles. The zero-order chi connectivity index (χ0) is 25.6. The normalized spacial score (nSPS) is 11.7. The van der Waals surface area contributed by atoms with Gasteiger partial charge in [-0.3, -0.25) is 0 Å². The number of ether oxygens (including phenoxy) is 3. The van der Waals surface area contributed by atoms with Gasteiger partial charge in [-0.25, -0.2) is 24.5 Å². The van der Waals surface area contributed by atoms with Crippen molar-refractivity contribution in [1.29, 1.82) is 0 Å². The van der Waals surface area contributed by atoms with Crippen LogP contribution in [0.15, 0.2) is 36.8 Å². The average Bonchev–Trinajstić information content (AvgIpc) is 2.79. The van der Waals surface area contributed by atoms with Crippen LogP contribution in [0.25, 0.3) is 22.2 Å². The Morgan fingerprint density at radius 1 is 1.00 bits per heavy atom. The highest BCUT2D eigenvalue weighted by atomic mass is 32.2. The number of nitrogens with zero attached hydrogens (tertiary/aromatic N) is 3. The van der Waals surface area contributed by atoms with Crippen LogP contribution in [0.5, 0.6) is 11.5 Å². The number of methoxy groups -OCH3 is 2. The number of aromatic nitrogens is 3. The number of fused-ring (bicyclic) bond motifs is 1. The lowest BCUT2D eigenvalue weighted by molar-refractivity contribution is 0.0569. The van der Waals surface area contributed by atoms with Crippen molar-refractivity contribution in [3.05, 3.63) is 36.8 Å². The minimum atomic E-state index is -4.05. The molecule has 12 nitrogen and oxygen atoms in total. The van der Waals surface area contributed by atoms with Gasteiger partial charge in [0.05, 0.1) is 25.4 Å². The molecule has 0 radical (unpaired) electrons. The summed E-state index contributed by atoms with van der Waals surface area (Å²) in [6.07, 6.45) is 2.06. The number of hydrogen-bond donors (Lipinski definition) is 3. The summed E-state index contributed by atoms with van der Waals surface area (Å²) in [7, 11) is -0.932. The maximum atomic E-state index is 11.9. The lowest BCUT2D eigenvalue weighted by Gasteiger charge is -2.19. The Bertz CT molecular complexity index is 1290. The fourth-order valence-electron chi connectivity index (χ4n) is 3.07. The smallest absolute Gasteiger partial charge is 0.422 e.